The van der Waals surface area contributed by atoms with E-state index in [-0.39, 0.29) is 46.8 Å². The maximum atomic E-state index is 12.6. The van der Waals surface area contributed by atoms with Gasteiger partial charge in [0.2, 0.25) is 5.91 Å². The molecule has 0 unspecified atom stereocenters. The number of carbonyl (C=O) groups excluding carboxylic acids is 2. The van der Waals surface area contributed by atoms with Crippen molar-refractivity contribution >= 4 is 20.0 Å². The Kier molecular flexibility index (Phi) is 5.62. The van der Waals surface area contributed by atoms with Gasteiger partial charge in [-0.3, -0.25) is 9.59 Å². The molecule has 24 heavy (non-hydrogen) atoms. The summed E-state index contributed by atoms with van der Waals surface area (Å²) in [5.74, 6) is -0.225. The zero-order valence-electron chi connectivity index (χ0n) is 16.1. The van der Waals surface area contributed by atoms with Crippen molar-refractivity contribution in [1.82, 2.24) is 5.32 Å². The van der Waals surface area contributed by atoms with Crippen LogP contribution in [0.15, 0.2) is 0 Å². The number of rotatable bonds is 5. The summed E-state index contributed by atoms with van der Waals surface area (Å²) in [7, 11) is -0.361. The van der Waals surface area contributed by atoms with Gasteiger partial charge < -0.3 is 14.5 Å². The minimum atomic E-state index is -1.95. The Hall–Kier alpha value is -0.723. The van der Waals surface area contributed by atoms with E-state index in [4.69, 9.17) is 9.16 Å². The predicted octanol–water partition coefficient (Wildman–Crippen LogP) is 2.90. The van der Waals surface area contributed by atoms with Crippen molar-refractivity contribution in [3.63, 3.8) is 0 Å². The van der Waals surface area contributed by atoms with Crippen LogP contribution in [0.3, 0.4) is 0 Å². The molecule has 1 amide bonds. The van der Waals surface area contributed by atoms with E-state index in [0.29, 0.717) is 0 Å². The van der Waals surface area contributed by atoms with Crippen molar-refractivity contribution in [3.05, 3.63) is 0 Å². The van der Waals surface area contributed by atoms with Gasteiger partial charge in [0.1, 0.15) is 6.10 Å². The Morgan fingerprint density at radius 3 is 2.33 bits per heavy atom. The van der Waals surface area contributed by atoms with E-state index in [0.717, 1.165) is 19.3 Å². The van der Waals surface area contributed by atoms with E-state index in [9.17, 15) is 9.59 Å². The van der Waals surface area contributed by atoms with Gasteiger partial charge in [-0.15, -0.1) is 0 Å². The van der Waals surface area contributed by atoms with E-state index in [1.54, 1.807) is 7.11 Å². The van der Waals surface area contributed by atoms with Crippen LogP contribution in [-0.2, 0) is 18.8 Å². The van der Waals surface area contributed by atoms with Crippen molar-refractivity contribution in [2.45, 2.75) is 83.3 Å². The highest BCUT2D eigenvalue weighted by Gasteiger charge is 2.52. The fourth-order valence-corrected chi connectivity index (χ4v) is 5.05. The lowest BCUT2D eigenvalue weighted by Gasteiger charge is -2.48. The number of nitrogens with one attached hydrogen (secondary N) is 1. The third-order valence-corrected chi connectivity index (χ3v) is 10.7. The smallest absolute Gasteiger partial charge is 0.228 e. The topological polar surface area (TPSA) is 64.6 Å². The van der Waals surface area contributed by atoms with E-state index >= 15 is 0 Å². The number of ketones is 1. The van der Waals surface area contributed by atoms with Crippen molar-refractivity contribution in [2.75, 3.05) is 7.11 Å². The molecule has 5 nitrogen and oxygen atoms in total. The lowest BCUT2D eigenvalue weighted by Crippen LogP contribution is -2.68. The summed E-state index contributed by atoms with van der Waals surface area (Å²) in [4.78, 5) is 24.8. The number of ether oxygens (including phenoxy) is 1. The second-order valence-electron chi connectivity index (χ2n) is 8.81. The summed E-state index contributed by atoms with van der Waals surface area (Å²) in [6.07, 6.45) is 2.09. The molecule has 0 radical (unpaired) electrons. The van der Waals surface area contributed by atoms with E-state index in [1.807, 2.05) is 6.92 Å². The standard InChI is InChI=1S/C18H33NO4Si/c1-11(23-24(6,7)18(2,3)4)14-15(19-17(14)21)12-9-8-10-13(22-5)16(12)20/h11-15H,8-10H2,1-7H3,(H,19,21)/t11-,12-,13+,14+,15-/m1/s1. The zero-order valence-corrected chi connectivity index (χ0v) is 17.1. The molecule has 1 aliphatic carbocycles. The first-order valence-electron chi connectivity index (χ1n) is 9.04. The zero-order chi connectivity index (χ0) is 18.3. The first kappa shape index (κ1) is 19.6. The largest absolute Gasteiger partial charge is 0.413 e. The molecule has 5 atom stereocenters. The Bertz CT molecular complexity index is 500. The molecule has 2 aliphatic rings. The molecule has 6 heteroatoms. The number of hydrogen-bond acceptors (Lipinski definition) is 4. The van der Waals surface area contributed by atoms with Gasteiger partial charge in [-0.05, 0) is 44.3 Å². The van der Waals surface area contributed by atoms with E-state index in [2.05, 4.69) is 39.2 Å². The molecule has 0 aromatic heterocycles. The summed E-state index contributed by atoms with van der Waals surface area (Å²) in [5.41, 5.74) is 0. The predicted molar refractivity (Wildman–Crippen MR) is 96.3 cm³/mol. The lowest BCUT2D eigenvalue weighted by atomic mass is 9.71. The monoisotopic (exact) mass is 355 g/mol. The van der Waals surface area contributed by atoms with Crippen LogP contribution < -0.4 is 5.32 Å². The van der Waals surface area contributed by atoms with E-state index < -0.39 is 8.32 Å². The van der Waals surface area contributed by atoms with E-state index in [1.165, 1.54) is 0 Å². The Morgan fingerprint density at radius 1 is 1.21 bits per heavy atom. The maximum Gasteiger partial charge on any atom is 0.228 e. The van der Waals surface area contributed by atoms with Crippen LogP contribution >= 0.6 is 0 Å². The summed E-state index contributed by atoms with van der Waals surface area (Å²) in [5, 5.41) is 3.06. The number of methoxy groups -OCH3 is 1. The number of hydrogen-bond donors (Lipinski definition) is 1. The quantitative estimate of drug-likeness (QED) is 0.608. The molecule has 0 bridgehead atoms. The number of Topliss-reactive ketones (excluding diaryl/α,β-unsaturated/α-hetero) is 1. The summed E-state index contributed by atoms with van der Waals surface area (Å²) < 4.78 is 11.7. The lowest BCUT2D eigenvalue weighted by molar-refractivity contribution is -0.149. The van der Waals surface area contributed by atoms with Crippen molar-refractivity contribution < 1.29 is 18.8 Å². The molecule has 1 N–H and O–H groups in total. The molecular weight excluding hydrogens is 322 g/mol. The van der Waals surface area contributed by atoms with Gasteiger partial charge in [-0.2, -0.15) is 0 Å². The molecule has 1 aliphatic heterocycles. The SMILES string of the molecule is CO[C@H]1CCC[C@H]([C@H]2NC(=O)[C@H]2[C@@H](C)O[Si](C)(C)C(C)(C)C)C1=O. The first-order valence-corrected chi connectivity index (χ1v) is 11.9. The van der Waals surface area contributed by atoms with Gasteiger partial charge in [0.15, 0.2) is 14.1 Å². The minimum absolute atomic E-state index is 0.0125. The molecule has 0 aromatic carbocycles. The van der Waals surface area contributed by atoms with Crippen LogP contribution in [-0.4, -0.2) is 45.4 Å². The average molecular weight is 356 g/mol. The van der Waals surface area contributed by atoms with Crippen molar-refractivity contribution in [1.29, 1.82) is 0 Å². The fraction of sp³-hybridized carbons (Fsp3) is 0.889. The number of amides is 1. The van der Waals surface area contributed by atoms with Crippen molar-refractivity contribution in [2.24, 2.45) is 11.8 Å². The second kappa shape index (κ2) is 6.88. The second-order valence-corrected chi connectivity index (χ2v) is 13.6. The third kappa shape index (κ3) is 3.60. The highest BCUT2D eigenvalue weighted by Crippen LogP contribution is 2.40. The molecule has 2 fully saturated rings. The molecule has 1 saturated heterocycles. The Morgan fingerprint density at radius 2 is 1.83 bits per heavy atom. The number of carbonyl (C=O) groups is 2. The third-order valence-electron chi connectivity index (χ3n) is 6.17. The highest BCUT2D eigenvalue weighted by atomic mass is 28.4. The van der Waals surface area contributed by atoms with Crippen LogP contribution in [0, 0.1) is 11.8 Å². The maximum absolute atomic E-state index is 12.6. The van der Waals surface area contributed by atoms with Gasteiger partial charge in [0.05, 0.1) is 18.1 Å². The minimum Gasteiger partial charge on any atom is -0.413 e. The highest BCUT2D eigenvalue weighted by molar-refractivity contribution is 6.74. The summed E-state index contributed by atoms with van der Waals surface area (Å²) in [6.45, 7) is 13.0. The van der Waals surface area contributed by atoms with Crippen LogP contribution in [0.25, 0.3) is 0 Å². The molecule has 2 rings (SSSR count). The first-order chi connectivity index (χ1) is 11.0. The molecular formula is C18H33NO4Si. The molecule has 1 heterocycles. The molecule has 1 saturated carbocycles. The Labute approximate surface area is 147 Å². The fourth-order valence-electron chi connectivity index (χ4n) is 3.62. The Balaban J connectivity index is 2.09. The van der Waals surface area contributed by atoms with Gasteiger partial charge in [-0.25, -0.2) is 0 Å². The van der Waals surface area contributed by atoms with Crippen LogP contribution in [0.4, 0.5) is 0 Å². The van der Waals surface area contributed by atoms with Crippen LogP contribution in [0.1, 0.15) is 47.0 Å². The molecule has 0 spiro atoms. The van der Waals surface area contributed by atoms with Crippen LogP contribution in [0.2, 0.25) is 18.1 Å². The molecule has 0 aromatic rings. The van der Waals surface area contributed by atoms with Crippen LogP contribution in [0.5, 0.6) is 0 Å². The van der Waals surface area contributed by atoms with Gasteiger partial charge in [0, 0.05) is 13.0 Å². The normalized spacial score (nSPS) is 33.0. The van der Waals surface area contributed by atoms with Gasteiger partial charge >= 0.3 is 0 Å². The van der Waals surface area contributed by atoms with Gasteiger partial charge in [-0.1, -0.05) is 20.8 Å². The average Bonchev–Trinajstić information content (AvgIpc) is 2.43. The molecule has 138 valence electrons. The number of β-lactam (4-membered cyclic amide) rings is 1. The summed E-state index contributed by atoms with van der Waals surface area (Å²) >= 11 is 0. The van der Waals surface area contributed by atoms with Crippen molar-refractivity contribution in [3.8, 4) is 0 Å². The summed E-state index contributed by atoms with van der Waals surface area (Å²) in [6, 6.07) is -0.109. The van der Waals surface area contributed by atoms with Gasteiger partial charge in [0.25, 0.3) is 0 Å².